The Labute approximate surface area is 126 Å². The highest BCUT2D eigenvalue weighted by molar-refractivity contribution is 5.91. The van der Waals surface area contributed by atoms with Crippen LogP contribution in [-0.2, 0) is 9.59 Å². The van der Waals surface area contributed by atoms with Crippen molar-refractivity contribution in [2.24, 2.45) is 17.8 Å². The SMILES string of the molecule is O=C1CC[C@H](C(=O)N2CCC[C@H]2C[C@H]2C[C@H]3CC[C@H]2C3)N1. The van der Waals surface area contributed by atoms with Crippen LogP contribution < -0.4 is 5.32 Å². The lowest BCUT2D eigenvalue weighted by Crippen LogP contribution is -2.47. The van der Waals surface area contributed by atoms with Gasteiger partial charge < -0.3 is 10.2 Å². The fourth-order valence-corrected chi connectivity index (χ4v) is 5.38. The molecule has 4 fully saturated rings. The summed E-state index contributed by atoms with van der Waals surface area (Å²) >= 11 is 0. The van der Waals surface area contributed by atoms with Crippen molar-refractivity contribution in [3.63, 3.8) is 0 Å². The van der Waals surface area contributed by atoms with E-state index in [4.69, 9.17) is 0 Å². The molecule has 2 saturated heterocycles. The van der Waals surface area contributed by atoms with Gasteiger partial charge in [-0.05, 0) is 62.7 Å². The molecule has 116 valence electrons. The van der Waals surface area contributed by atoms with E-state index in [9.17, 15) is 9.59 Å². The fraction of sp³-hybridized carbons (Fsp3) is 0.882. The van der Waals surface area contributed by atoms with Crippen LogP contribution in [0.5, 0.6) is 0 Å². The van der Waals surface area contributed by atoms with Crippen LogP contribution in [0.1, 0.15) is 57.8 Å². The van der Waals surface area contributed by atoms with Crippen LogP contribution >= 0.6 is 0 Å². The van der Waals surface area contributed by atoms with Gasteiger partial charge in [-0.15, -0.1) is 0 Å². The van der Waals surface area contributed by atoms with Crippen molar-refractivity contribution in [3.8, 4) is 0 Å². The van der Waals surface area contributed by atoms with E-state index in [0.29, 0.717) is 18.9 Å². The first kappa shape index (κ1) is 13.6. The number of fused-ring (bicyclic) bond motifs is 2. The number of hydrogen-bond donors (Lipinski definition) is 1. The van der Waals surface area contributed by atoms with E-state index in [-0.39, 0.29) is 17.9 Å². The summed E-state index contributed by atoms with van der Waals surface area (Å²) in [7, 11) is 0. The van der Waals surface area contributed by atoms with Gasteiger partial charge in [0.1, 0.15) is 6.04 Å². The highest BCUT2D eigenvalue weighted by Crippen LogP contribution is 2.50. The largest absolute Gasteiger partial charge is 0.344 e. The van der Waals surface area contributed by atoms with E-state index in [1.54, 1.807) is 0 Å². The van der Waals surface area contributed by atoms with E-state index in [1.165, 1.54) is 38.5 Å². The van der Waals surface area contributed by atoms with Gasteiger partial charge in [0.25, 0.3) is 0 Å². The Kier molecular flexibility index (Phi) is 3.43. The molecule has 0 aromatic heterocycles. The van der Waals surface area contributed by atoms with E-state index in [0.717, 1.165) is 30.7 Å². The molecule has 4 nitrogen and oxygen atoms in total. The smallest absolute Gasteiger partial charge is 0.245 e. The molecular formula is C17H26N2O2. The van der Waals surface area contributed by atoms with Crippen LogP contribution in [0.2, 0.25) is 0 Å². The third-order valence-corrected chi connectivity index (χ3v) is 6.41. The highest BCUT2D eigenvalue weighted by atomic mass is 16.2. The zero-order valence-corrected chi connectivity index (χ0v) is 12.7. The Morgan fingerprint density at radius 3 is 2.76 bits per heavy atom. The average Bonchev–Trinajstić information content (AvgIpc) is 3.21. The Morgan fingerprint density at radius 1 is 1.19 bits per heavy atom. The molecule has 4 aliphatic rings. The summed E-state index contributed by atoms with van der Waals surface area (Å²) in [4.78, 5) is 26.1. The van der Waals surface area contributed by atoms with Gasteiger partial charge in [0, 0.05) is 19.0 Å². The normalized spacial score (nSPS) is 41.8. The number of hydrogen-bond acceptors (Lipinski definition) is 2. The number of nitrogens with one attached hydrogen (secondary N) is 1. The number of rotatable bonds is 3. The Balaban J connectivity index is 1.38. The second kappa shape index (κ2) is 5.29. The highest BCUT2D eigenvalue weighted by Gasteiger charge is 2.43. The first-order chi connectivity index (χ1) is 10.2. The summed E-state index contributed by atoms with van der Waals surface area (Å²) in [6.45, 7) is 0.899. The Morgan fingerprint density at radius 2 is 2.10 bits per heavy atom. The molecule has 0 aromatic rings. The van der Waals surface area contributed by atoms with Crippen molar-refractivity contribution in [2.45, 2.75) is 69.9 Å². The molecule has 2 amide bonds. The van der Waals surface area contributed by atoms with Crippen molar-refractivity contribution in [1.29, 1.82) is 0 Å². The first-order valence-corrected chi connectivity index (χ1v) is 8.80. The lowest BCUT2D eigenvalue weighted by molar-refractivity contribution is -0.135. The third-order valence-electron chi connectivity index (χ3n) is 6.41. The maximum atomic E-state index is 12.6. The van der Waals surface area contributed by atoms with Crippen molar-refractivity contribution < 1.29 is 9.59 Å². The average molecular weight is 290 g/mol. The first-order valence-electron chi connectivity index (χ1n) is 8.80. The second-order valence-corrected chi connectivity index (χ2v) is 7.66. The van der Waals surface area contributed by atoms with Gasteiger partial charge in [0.05, 0.1) is 0 Å². The van der Waals surface area contributed by atoms with Gasteiger partial charge in [-0.25, -0.2) is 0 Å². The number of likely N-dealkylation sites (tertiary alicyclic amines) is 1. The molecular weight excluding hydrogens is 264 g/mol. The standard InChI is InChI=1S/C17H26N2O2/c20-16-6-5-15(18-16)17(21)19-7-1-2-14(19)10-13-9-11-3-4-12(13)8-11/h11-15H,1-10H2,(H,18,20)/t11-,12-,13+,14-,15+/m0/s1. The molecule has 1 N–H and O–H groups in total. The maximum absolute atomic E-state index is 12.6. The molecule has 2 heterocycles. The van der Waals surface area contributed by atoms with Crippen LogP contribution in [0.15, 0.2) is 0 Å². The third kappa shape index (κ3) is 2.47. The van der Waals surface area contributed by atoms with Crippen molar-refractivity contribution in [2.75, 3.05) is 6.54 Å². The molecule has 0 aromatic carbocycles. The maximum Gasteiger partial charge on any atom is 0.245 e. The summed E-state index contributed by atoms with van der Waals surface area (Å²) in [6.07, 6.45) is 10.5. The lowest BCUT2D eigenvalue weighted by atomic mass is 9.83. The number of nitrogens with zero attached hydrogens (tertiary/aromatic N) is 1. The Hall–Kier alpha value is -1.06. The molecule has 0 radical (unpaired) electrons. The van der Waals surface area contributed by atoms with E-state index in [1.807, 2.05) is 0 Å². The van der Waals surface area contributed by atoms with Crippen molar-refractivity contribution in [3.05, 3.63) is 0 Å². The monoisotopic (exact) mass is 290 g/mol. The second-order valence-electron chi connectivity index (χ2n) is 7.66. The van der Waals surface area contributed by atoms with Crippen LogP contribution in [-0.4, -0.2) is 35.3 Å². The summed E-state index contributed by atoms with van der Waals surface area (Å²) in [5.74, 6) is 3.02. The molecule has 2 aliphatic carbocycles. The van der Waals surface area contributed by atoms with Gasteiger partial charge in [-0.1, -0.05) is 6.42 Å². The molecule has 0 unspecified atom stereocenters. The van der Waals surface area contributed by atoms with Gasteiger partial charge >= 0.3 is 0 Å². The molecule has 0 spiro atoms. The fourth-order valence-electron chi connectivity index (χ4n) is 5.38. The molecule has 4 heteroatoms. The quantitative estimate of drug-likeness (QED) is 0.865. The van der Waals surface area contributed by atoms with Crippen LogP contribution in [0.3, 0.4) is 0 Å². The summed E-state index contributed by atoms with van der Waals surface area (Å²) in [6, 6.07) is 0.206. The number of carbonyl (C=O) groups excluding carboxylic acids is 2. The minimum atomic E-state index is -0.238. The van der Waals surface area contributed by atoms with Crippen LogP contribution in [0, 0.1) is 17.8 Å². The predicted molar refractivity (Wildman–Crippen MR) is 79.5 cm³/mol. The van der Waals surface area contributed by atoms with Crippen molar-refractivity contribution in [1.82, 2.24) is 10.2 Å². The Bertz CT molecular complexity index is 450. The topological polar surface area (TPSA) is 49.4 Å². The molecule has 21 heavy (non-hydrogen) atoms. The van der Waals surface area contributed by atoms with Crippen LogP contribution in [0.4, 0.5) is 0 Å². The van der Waals surface area contributed by atoms with Crippen molar-refractivity contribution >= 4 is 11.8 Å². The zero-order chi connectivity index (χ0) is 14.4. The summed E-state index contributed by atoms with van der Waals surface area (Å²) < 4.78 is 0. The minimum Gasteiger partial charge on any atom is -0.344 e. The van der Waals surface area contributed by atoms with Gasteiger partial charge in [0.15, 0.2) is 0 Å². The van der Waals surface area contributed by atoms with Gasteiger partial charge in [-0.2, -0.15) is 0 Å². The molecule has 2 bridgehead atoms. The van der Waals surface area contributed by atoms with E-state index < -0.39 is 0 Å². The number of amides is 2. The summed E-state index contributed by atoms with van der Waals surface area (Å²) in [5, 5.41) is 2.84. The minimum absolute atomic E-state index is 0.0391. The molecule has 2 aliphatic heterocycles. The number of carbonyl (C=O) groups is 2. The molecule has 4 rings (SSSR count). The summed E-state index contributed by atoms with van der Waals surface area (Å²) in [5.41, 5.74) is 0. The van der Waals surface area contributed by atoms with E-state index >= 15 is 0 Å². The lowest BCUT2D eigenvalue weighted by Gasteiger charge is -2.31. The molecule has 5 atom stereocenters. The van der Waals surface area contributed by atoms with Gasteiger partial charge in [-0.3, -0.25) is 9.59 Å². The van der Waals surface area contributed by atoms with Crippen LogP contribution in [0.25, 0.3) is 0 Å². The zero-order valence-electron chi connectivity index (χ0n) is 12.7. The predicted octanol–water partition coefficient (Wildman–Crippen LogP) is 2.08. The van der Waals surface area contributed by atoms with Gasteiger partial charge in [0.2, 0.25) is 11.8 Å². The molecule has 2 saturated carbocycles. The van der Waals surface area contributed by atoms with E-state index in [2.05, 4.69) is 10.2 Å².